The number of aliphatic hydroxyl groups is 1. The SMILES string of the molecule is CC(C)(C)CCC(O)c1cnn(-c2ccccc2)c1. The van der Waals surface area contributed by atoms with Gasteiger partial charge in [0.05, 0.1) is 18.0 Å². The molecule has 0 bridgehead atoms. The van der Waals surface area contributed by atoms with Gasteiger partial charge in [-0.3, -0.25) is 0 Å². The highest BCUT2D eigenvalue weighted by Gasteiger charge is 2.16. The van der Waals surface area contributed by atoms with Crippen LogP contribution in [0.3, 0.4) is 0 Å². The Balaban J connectivity index is 2.05. The molecule has 1 aromatic heterocycles. The lowest BCUT2D eigenvalue weighted by molar-refractivity contribution is 0.147. The molecule has 1 unspecified atom stereocenters. The fourth-order valence-corrected chi connectivity index (χ4v) is 1.97. The first kappa shape index (κ1) is 13.8. The Morgan fingerprint density at radius 3 is 2.53 bits per heavy atom. The highest BCUT2D eigenvalue weighted by atomic mass is 16.3. The minimum absolute atomic E-state index is 0.246. The van der Waals surface area contributed by atoms with Crippen LogP contribution < -0.4 is 0 Å². The van der Waals surface area contributed by atoms with E-state index in [2.05, 4.69) is 25.9 Å². The van der Waals surface area contributed by atoms with E-state index in [1.165, 1.54) is 0 Å². The van der Waals surface area contributed by atoms with Crippen LogP contribution in [0.4, 0.5) is 0 Å². The average Bonchev–Trinajstić information content (AvgIpc) is 2.86. The van der Waals surface area contributed by atoms with Crippen molar-refractivity contribution in [3.05, 3.63) is 48.3 Å². The second-order valence-corrected chi connectivity index (χ2v) is 6.17. The number of aliphatic hydroxyl groups excluding tert-OH is 1. The van der Waals surface area contributed by atoms with Crippen LogP contribution in [-0.4, -0.2) is 14.9 Å². The Morgan fingerprint density at radius 2 is 1.89 bits per heavy atom. The second-order valence-electron chi connectivity index (χ2n) is 6.17. The van der Waals surface area contributed by atoms with Crippen LogP contribution in [0, 0.1) is 5.41 Å². The monoisotopic (exact) mass is 258 g/mol. The van der Waals surface area contributed by atoms with Gasteiger partial charge in [0.25, 0.3) is 0 Å². The molecule has 1 heterocycles. The fraction of sp³-hybridized carbons (Fsp3) is 0.438. The summed E-state index contributed by atoms with van der Waals surface area (Å²) in [5.41, 5.74) is 2.14. The van der Waals surface area contributed by atoms with Crippen molar-refractivity contribution in [2.24, 2.45) is 5.41 Å². The Labute approximate surface area is 114 Å². The molecule has 0 aliphatic heterocycles. The highest BCUT2D eigenvalue weighted by molar-refractivity contribution is 5.31. The van der Waals surface area contributed by atoms with Gasteiger partial charge in [0.2, 0.25) is 0 Å². The number of aromatic nitrogens is 2. The third-order valence-corrected chi connectivity index (χ3v) is 3.18. The van der Waals surface area contributed by atoms with Gasteiger partial charge < -0.3 is 5.11 Å². The van der Waals surface area contributed by atoms with E-state index in [1.807, 2.05) is 36.5 Å². The first-order valence-electron chi connectivity index (χ1n) is 6.74. The Bertz CT molecular complexity index is 511. The summed E-state index contributed by atoms with van der Waals surface area (Å²) in [6, 6.07) is 9.93. The predicted molar refractivity (Wildman–Crippen MR) is 77.2 cm³/mol. The van der Waals surface area contributed by atoms with E-state index in [-0.39, 0.29) is 5.41 Å². The Kier molecular flexibility index (Phi) is 4.05. The third-order valence-electron chi connectivity index (χ3n) is 3.18. The summed E-state index contributed by atoms with van der Waals surface area (Å²) in [6.45, 7) is 6.56. The van der Waals surface area contributed by atoms with Crippen LogP contribution >= 0.6 is 0 Å². The molecule has 0 saturated heterocycles. The van der Waals surface area contributed by atoms with Crippen molar-refractivity contribution in [2.75, 3.05) is 0 Å². The molecule has 2 aromatic rings. The van der Waals surface area contributed by atoms with Crippen LogP contribution in [0.2, 0.25) is 0 Å². The first-order chi connectivity index (χ1) is 8.96. The first-order valence-corrected chi connectivity index (χ1v) is 6.74. The molecule has 1 aromatic carbocycles. The van der Waals surface area contributed by atoms with E-state index < -0.39 is 6.10 Å². The van der Waals surface area contributed by atoms with Crippen LogP contribution in [0.15, 0.2) is 42.7 Å². The maximum Gasteiger partial charge on any atom is 0.0820 e. The minimum Gasteiger partial charge on any atom is -0.388 e. The summed E-state index contributed by atoms with van der Waals surface area (Å²) in [5, 5.41) is 14.5. The Morgan fingerprint density at radius 1 is 1.21 bits per heavy atom. The van der Waals surface area contributed by atoms with Crippen LogP contribution in [-0.2, 0) is 0 Å². The van der Waals surface area contributed by atoms with E-state index in [1.54, 1.807) is 10.9 Å². The second kappa shape index (κ2) is 5.57. The quantitative estimate of drug-likeness (QED) is 0.907. The molecule has 0 spiro atoms. The molecule has 102 valence electrons. The summed E-state index contributed by atoms with van der Waals surface area (Å²) in [7, 11) is 0. The van der Waals surface area contributed by atoms with Gasteiger partial charge in [-0.25, -0.2) is 4.68 Å². The average molecular weight is 258 g/mol. The van der Waals surface area contributed by atoms with Crippen molar-refractivity contribution in [1.82, 2.24) is 9.78 Å². The molecule has 19 heavy (non-hydrogen) atoms. The highest BCUT2D eigenvalue weighted by Crippen LogP contribution is 2.27. The molecule has 0 aliphatic rings. The smallest absolute Gasteiger partial charge is 0.0820 e. The largest absolute Gasteiger partial charge is 0.388 e. The fourth-order valence-electron chi connectivity index (χ4n) is 1.97. The maximum atomic E-state index is 10.2. The normalized spacial score (nSPS) is 13.5. The topological polar surface area (TPSA) is 38.1 Å². The van der Waals surface area contributed by atoms with Gasteiger partial charge in [0.1, 0.15) is 0 Å². The zero-order valence-corrected chi connectivity index (χ0v) is 11.9. The number of benzene rings is 1. The number of hydrogen-bond acceptors (Lipinski definition) is 2. The van der Waals surface area contributed by atoms with E-state index in [0.29, 0.717) is 0 Å². The predicted octanol–water partition coefficient (Wildman–Crippen LogP) is 3.73. The molecule has 0 saturated carbocycles. The van der Waals surface area contributed by atoms with Crippen LogP contribution in [0.5, 0.6) is 0 Å². The molecular formula is C16H22N2O. The number of rotatable bonds is 4. The van der Waals surface area contributed by atoms with Crippen molar-refractivity contribution in [3.8, 4) is 5.69 Å². The van der Waals surface area contributed by atoms with Crippen LogP contribution in [0.25, 0.3) is 5.69 Å². The van der Waals surface area contributed by atoms with Gasteiger partial charge in [0.15, 0.2) is 0 Å². The number of nitrogens with zero attached hydrogens (tertiary/aromatic N) is 2. The van der Waals surface area contributed by atoms with Crippen molar-refractivity contribution in [3.63, 3.8) is 0 Å². The molecule has 0 radical (unpaired) electrons. The maximum absolute atomic E-state index is 10.2. The molecule has 3 heteroatoms. The van der Waals surface area contributed by atoms with Crippen molar-refractivity contribution >= 4 is 0 Å². The van der Waals surface area contributed by atoms with Gasteiger partial charge in [0, 0.05) is 11.8 Å². The van der Waals surface area contributed by atoms with Gasteiger partial charge >= 0.3 is 0 Å². The van der Waals surface area contributed by atoms with Gasteiger partial charge in [-0.1, -0.05) is 39.0 Å². The van der Waals surface area contributed by atoms with Crippen molar-refractivity contribution in [2.45, 2.75) is 39.7 Å². The summed E-state index contributed by atoms with van der Waals surface area (Å²) >= 11 is 0. The molecule has 3 nitrogen and oxygen atoms in total. The summed E-state index contributed by atoms with van der Waals surface area (Å²) in [5.74, 6) is 0. The molecule has 1 atom stereocenters. The lowest BCUT2D eigenvalue weighted by Crippen LogP contribution is -2.07. The van der Waals surface area contributed by atoms with E-state index >= 15 is 0 Å². The Hall–Kier alpha value is -1.61. The molecule has 2 rings (SSSR count). The standard InChI is InChI=1S/C16H22N2O/c1-16(2,3)10-9-15(19)13-11-17-18(12-13)14-7-5-4-6-8-14/h4-8,11-12,15,19H,9-10H2,1-3H3. The van der Waals surface area contributed by atoms with Crippen molar-refractivity contribution < 1.29 is 5.11 Å². The van der Waals surface area contributed by atoms with Gasteiger partial charge in [-0.2, -0.15) is 5.10 Å². The van der Waals surface area contributed by atoms with Gasteiger partial charge in [-0.05, 0) is 30.4 Å². The summed E-state index contributed by atoms with van der Waals surface area (Å²) in [6.07, 6.45) is 4.98. The zero-order valence-electron chi connectivity index (χ0n) is 11.9. The van der Waals surface area contributed by atoms with Crippen molar-refractivity contribution in [1.29, 1.82) is 0 Å². The van der Waals surface area contributed by atoms with Crippen LogP contribution in [0.1, 0.15) is 45.3 Å². The van der Waals surface area contributed by atoms with E-state index in [0.717, 1.165) is 24.1 Å². The van der Waals surface area contributed by atoms with Gasteiger partial charge in [-0.15, -0.1) is 0 Å². The lowest BCUT2D eigenvalue weighted by atomic mass is 9.88. The lowest BCUT2D eigenvalue weighted by Gasteiger charge is -2.19. The molecule has 0 amide bonds. The molecular weight excluding hydrogens is 236 g/mol. The molecule has 0 aliphatic carbocycles. The number of para-hydroxylation sites is 1. The summed E-state index contributed by atoms with van der Waals surface area (Å²) < 4.78 is 1.80. The third kappa shape index (κ3) is 3.93. The minimum atomic E-state index is -0.434. The summed E-state index contributed by atoms with van der Waals surface area (Å²) in [4.78, 5) is 0. The molecule has 1 N–H and O–H groups in total. The number of hydrogen-bond donors (Lipinski definition) is 1. The van der Waals surface area contributed by atoms with E-state index in [9.17, 15) is 5.11 Å². The molecule has 0 fully saturated rings. The zero-order chi connectivity index (χ0) is 13.9. The van der Waals surface area contributed by atoms with E-state index in [4.69, 9.17) is 0 Å².